The molecule has 8 nitrogen and oxygen atoms in total. The molecule has 3 rings (SSSR count). The quantitative estimate of drug-likeness (QED) is 0.703. The number of fused-ring (bicyclic) bond motifs is 1. The first-order valence-corrected chi connectivity index (χ1v) is 6.04. The van der Waals surface area contributed by atoms with E-state index in [9.17, 15) is 9.59 Å². The molecular formula is C13H10N4O4. The molecule has 21 heavy (non-hydrogen) atoms. The van der Waals surface area contributed by atoms with Crippen LogP contribution < -0.4 is 10.3 Å². The zero-order valence-electron chi connectivity index (χ0n) is 10.7. The zero-order chi connectivity index (χ0) is 14.7. The van der Waals surface area contributed by atoms with Gasteiger partial charge in [0.05, 0.1) is 6.33 Å². The van der Waals surface area contributed by atoms with Gasteiger partial charge in [0, 0.05) is 0 Å². The van der Waals surface area contributed by atoms with E-state index in [-0.39, 0.29) is 23.5 Å². The topological polar surface area (TPSA) is 110 Å². The summed E-state index contributed by atoms with van der Waals surface area (Å²) in [6.07, 6.45) is 0.387. The van der Waals surface area contributed by atoms with Gasteiger partial charge >= 0.3 is 6.16 Å². The van der Waals surface area contributed by atoms with E-state index in [1.807, 2.05) is 30.3 Å². The fourth-order valence-electron chi connectivity index (χ4n) is 1.74. The zero-order valence-corrected chi connectivity index (χ0v) is 10.7. The van der Waals surface area contributed by atoms with Crippen LogP contribution in [0, 0.1) is 0 Å². The molecule has 2 N–H and O–H groups in total. The van der Waals surface area contributed by atoms with Crippen LogP contribution in [0.2, 0.25) is 0 Å². The molecule has 0 radical (unpaired) electrons. The van der Waals surface area contributed by atoms with Crippen LogP contribution in [0.1, 0.15) is 5.56 Å². The van der Waals surface area contributed by atoms with Crippen LogP contribution in [0.5, 0.6) is 5.88 Å². The van der Waals surface area contributed by atoms with E-state index in [1.54, 1.807) is 0 Å². The van der Waals surface area contributed by atoms with E-state index in [4.69, 9.17) is 9.47 Å². The van der Waals surface area contributed by atoms with E-state index in [0.717, 1.165) is 5.56 Å². The Kier molecular flexibility index (Phi) is 3.34. The lowest BCUT2D eigenvalue weighted by atomic mass is 10.2. The van der Waals surface area contributed by atoms with Gasteiger partial charge < -0.3 is 14.5 Å². The second kappa shape index (κ2) is 5.45. The molecule has 0 bridgehead atoms. The number of H-pyrrole nitrogens is 2. The number of rotatable bonds is 3. The molecule has 106 valence electrons. The van der Waals surface area contributed by atoms with Gasteiger partial charge in [0.1, 0.15) is 12.1 Å². The molecule has 0 aliphatic heterocycles. The molecule has 3 aromatic rings. The first kappa shape index (κ1) is 12.9. The Morgan fingerprint density at radius 1 is 1.24 bits per heavy atom. The average molecular weight is 286 g/mol. The predicted octanol–water partition coefficient (Wildman–Crippen LogP) is 1.36. The SMILES string of the molecule is O=C(OCc1ccccc1)Oc1n[nH]c(=O)c2nc[nH]c12. The van der Waals surface area contributed by atoms with Gasteiger partial charge in [-0.2, -0.15) is 0 Å². The maximum Gasteiger partial charge on any atom is 0.515 e. The van der Waals surface area contributed by atoms with Gasteiger partial charge in [-0.3, -0.25) is 4.79 Å². The number of aromatic amines is 2. The standard InChI is InChI=1S/C13H10N4O4/c18-11-9-10(15-7-14-9)12(17-16-11)21-13(19)20-6-8-4-2-1-3-5-8/h1-5,7H,6H2,(H,14,15)(H,16,18). The summed E-state index contributed by atoms with van der Waals surface area (Å²) in [7, 11) is 0. The third-order valence-corrected chi connectivity index (χ3v) is 2.71. The van der Waals surface area contributed by atoms with Crippen LogP contribution in [0.25, 0.3) is 11.0 Å². The van der Waals surface area contributed by atoms with Crippen LogP contribution in [-0.4, -0.2) is 26.3 Å². The molecular weight excluding hydrogens is 276 g/mol. The van der Waals surface area contributed by atoms with Crippen molar-refractivity contribution in [2.45, 2.75) is 6.61 Å². The molecule has 0 saturated carbocycles. The molecule has 0 fully saturated rings. The largest absolute Gasteiger partial charge is 0.515 e. The monoisotopic (exact) mass is 286 g/mol. The van der Waals surface area contributed by atoms with Gasteiger partial charge in [-0.15, -0.1) is 5.10 Å². The van der Waals surface area contributed by atoms with Crippen LogP contribution in [0.15, 0.2) is 41.5 Å². The number of carbonyl (C=O) groups is 1. The second-order valence-corrected chi connectivity index (χ2v) is 4.11. The minimum Gasteiger partial charge on any atom is -0.429 e. The number of ether oxygens (including phenoxy) is 2. The normalized spacial score (nSPS) is 10.5. The molecule has 1 aromatic carbocycles. The molecule has 0 spiro atoms. The van der Waals surface area contributed by atoms with Crippen molar-refractivity contribution in [3.8, 4) is 5.88 Å². The summed E-state index contributed by atoms with van der Waals surface area (Å²) in [6, 6.07) is 9.17. The van der Waals surface area contributed by atoms with Crippen molar-refractivity contribution >= 4 is 17.2 Å². The third-order valence-electron chi connectivity index (χ3n) is 2.71. The highest BCUT2D eigenvalue weighted by molar-refractivity contribution is 5.80. The fourth-order valence-corrected chi connectivity index (χ4v) is 1.74. The summed E-state index contributed by atoms with van der Waals surface area (Å²) in [5.74, 6) is -0.0971. The molecule has 0 aliphatic rings. The Bertz CT molecular complexity index is 825. The first-order valence-electron chi connectivity index (χ1n) is 6.04. The number of nitrogens with one attached hydrogen (secondary N) is 2. The van der Waals surface area contributed by atoms with E-state index in [0.29, 0.717) is 0 Å². The van der Waals surface area contributed by atoms with Crippen molar-refractivity contribution in [1.82, 2.24) is 20.2 Å². The Morgan fingerprint density at radius 2 is 2.05 bits per heavy atom. The molecule has 2 heterocycles. The molecule has 8 heteroatoms. The van der Waals surface area contributed by atoms with E-state index in [2.05, 4.69) is 20.2 Å². The van der Waals surface area contributed by atoms with Crippen LogP contribution in [0.3, 0.4) is 0 Å². The number of aromatic nitrogens is 4. The average Bonchev–Trinajstić information content (AvgIpc) is 3.00. The molecule has 0 amide bonds. The Labute approximate surface area is 117 Å². The number of imidazole rings is 1. The van der Waals surface area contributed by atoms with Crippen LogP contribution in [-0.2, 0) is 11.3 Å². The van der Waals surface area contributed by atoms with Crippen molar-refractivity contribution in [1.29, 1.82) is 0 Å². The number of hydrogen-bond acceptors (Lipinski definition) is 6. The van der Waals surface area contributed by atoms with Gasteiger partial charge in [0.15, 0.2) is 5.52 Å². The fraction of sp³-hybridized carbons (Fsp3) is 0.0769. The van der Waals surface area contributed by atoms with Gasteiger partial charge in [0.25, 0.3) is 11.4 Å². The van der Waals surface area contributed by atoms with Crippen LogP contribution >= 0.6 is 0 Å². The minimum atomic E-state index is -0.922. The number of hydrogen-bond donors (Lipinski definition) is 2. The predicted molar refractivity (Wildman–Crippen MR) is 71.8 cm³/mol. The number of carbonyl (C=O) groups excluding carboxylic acids is 1. The Morgan fingerprint density at radius 3 is 2.86 bits per heavy atom. The van der Waals surface area contributed by atoms with Gasteiger partial charge in [-0.25, -0.2) is 14.9 Å². The van der Waals surface area contributed by atoms with E-state index >= 15 is 0 Å². The molecule has 0 saturated heterocycles. The van der Waals surface area contributed by atoms with Crippen molar-refractivity contribution in [3.05, 3.63) is 52.6 Å². The number of benzene rings is 1. The second-order valence-electron chi connectivity index (χ2n) is 4.11. The van der Waals surface area contributed by atoms with Crippen molar-refractivity contribution in [3.63, 3.8) is 0 Å². The highest BCUT2D eigenvalue weighted by Crippen LogP contribution is 2.16. The van der Waals surface area contributed by atoms with E-state index < -0.39 is 11.7 Å². The summed E-state index contributed by atoms with van der Waals surface area (Å²) < 4.78 is 9.91. The van der Waals surface area contributed by atoms with E-state index in [1.165, 1.54) is 6.33 Å². The molecule has 0 aliphatic carbocycles. The molecule has 2 aromatic heterocycles. The lowest BCUT2D eigenvalue weighted by Gasteiger charge is -2.05. The maximum atomic E-state index is 11.6. The minimum absolute atomic E-state index is 0.0785. The summed E-state index contributed by atoms with van der Waals surface area (Å²) in [4.78, 5) is 29.5. The Hall–Kier alpha value is -3.16. The lowest BCUT2D eigenvalue weighted by Crippen LogP contribution is -2.15. The van der Waals surface area contributed by atoms with Crippen molar-refractivity contribution in [2.75, 3.05) is 0 Å². The van der Waals surface area contributed by atoms with Crippen LogP contribution in [0.4, 0.5) is 4.79 Å². The summed E-state index contributed by atoms with van der Waals surface area (Å²) in [5.41, 5.74) is 0.693. The highest BCUT2D eigenvalue weighted by Gasteiger charge is 2.14. The smallest absolute Gasteiger partial charge is 0.429 e. The lowest BCUT2D eigenvalue weighted by molar-refractivity contribution is 0.0914. The number of nitrogens with zero attached hydrogens (tertiary/aromatic N) is 2. The van der Waals surface area contributed by atoms with Crippen molar-refractivity contribution in [2.24, 2.45) is 0 Å². The summed E-state index contributed by atoms with van der Waals surface area (Å²) in [5, 5.41) is 5.83. The first-order chi connectivity index (χ1) is 10.2. The van der Waals surface area contributed by atoms with Gasteiger partial charge in [-0.05, 0) is 5.56 Å². The van der Waals surface area contributed by atoms with Crippen molar-refractivity contribution < 1.29 is 14.3 Å². The maximum absolute atomic E-state index is 11.6. The summed E-state index contributed by atoms with van der Waals surface area (Å²) in [6.45, 7) is 0.0785. The Balaban J connectivity index is 1.71. The molecule has 0 unspecified atom stereocenters. The van der Waals surface area contributed by atoms with Gasteiger partial charge in [-0.1, -0.05) is 30.3 Å². The van der Waals surface area contributed by atoms with Gasteiger partial charge in [0.2, 0.25) is 0 Å². The third kappa shape index (κ3) is 2.73. The highest BCUT2D eigenvalue weighted by atomic mass is 16.7. The summed E-state index contributed by atoms with van der Waals surface area (Å²) >= 11 is 0. The molecule has 0 atom stereocenters.